The third-order valence-electron chi connectivity index (χ3n) is 3.47. The standard InChI is InChI=1S/C14H21NO3/c1-2-3-4-6-9-12(16)15-14(13(17)18)10-7-5-8-11-14/h1H,3-11H2,(H,15,16)(H,17,18). The van der Waals surface area contributed by atoms with Crippen LogP contribution in [0.15, 0.2) is 0 Å². The number of carboxylic acid groups (broad SMARTS) is 1. The molecule has 0 aromatic heterocycles. The number of carbonyl (C=O) groups is 2. The molecule has 18 heavy (non-hydrogen) atoms. The number of carboxylic acids is 1. The van der Waals surface area contributed by atoms with Crippen molar-refractivity contribution in [2.24, 2.45) is 0 Å². The van der Waals surface area contributed by atoms with E-state index in [4.69, 9.17) is 6.42 Å². The molecule has 4 nitrogen and oxygen atoms in total. The summed E-state index contributed by atoms with van der Waals surface area (Å²) in [7, 11) is 0. The average Bonchev–Trinajstić information content (AvgIpc) is 2.35. The molecule has 0 bridgehead atoms. The summed E-state index contributed by atoms with van der Waals surface area (Å²) in [5.41, 5.74) is -1.03. The maximum atomic E-state index is 11.8. The van der Waals surface area contributed by atoms with E-state index in [2.05, 4.69) is 11.2 Å². The van der Waals surface area contributed by atoms with Gasteiger partial charge in [0.25, 0.3) is 0 Å². The van der Waals surface area contributed by atoms with Gasteiger partial charge in [-0.25, -0.2) is 4.79 Å². The Labute approximate surface area is 108 Å². The molecular formula is C14H21NO3. The fourth-order valence-electron chi connectivity index (χ4n) is 2.39. The van der Waals surface area contributed by atoms with Crippen LogP contribution in [0, 0.1) is 12.3 Å². The maximum Gasteiger partial charge on any atom is 0.329 e. The molecule has 0 radical (unpaired) electrons. The zero-order chi connectivity index (χ0) is 13.4. The number of carbonyl (C=O) groups excluding carboxylic acids is 1. The normalized spacial score (nSPS) is 17.7. The molecule has 2 N–H and O–H groups in total. The predicted molar refractivity (Wildman–Crippen MR) is 68.9 cm³/mol. The van der Waals surface area contributed by atoms with Gasteiger partial charge in [-0.15, -0.1) is 12.3 Å². The number of aliphatic carboxylic acids is 1. The van der Waals surface area contributed by atoms with Crippen molar-refractivity contribution in [3.8, 4) is 12.3 Å². The van der Waals surface area contributed by atoms with Crippen LogP contribution in [-0.4, -0.2) is 22.5 Å². The van der Waals surface area contributed by atoms with Gasteiger partial charge in [0.1, 0.15) is 5.54 Å². The molecule has 0 aromatic carbocycles. The Morgan fingerprint density at radius 1 is 1.22 bits per heavy atom. The molecule has 0 aromatic rings. The Balaban J connectivity index is 2.44. The number of terminal acetylenes is 1. The molecule has 0 unspecified atom stereocenters. The molecule has 1 saturated carbocycles. The van der Waals surface area contributed by atoms with E-state index < -0.39 is 11.5 Å². The molecule has 1 aliphatic rings. The first-order chi connectivity index (χ1) is 8.60. The van der Waals surface area contributed by atoms with Crippen molar-refractivity contribution in [3.63, 3.8) is 0 Å². The Kier molecular flexibility index (Phi) is 5.70. The van der Waals surface area contributed by atoms with E-state index in [0.29, 0.717) is 32.1 Å². The molecule has 0 atom stereocenters. The van der Waals surface area contributed by atoms with Gasteiger partial charge >= 0.3 is 5.97 Å². The van der Waals surface area contributed by atoms with Crippen LogP contribution in [-0.2, 0) is 9.59 Å². The number of nitrogens with one attached hydrogen (secondary N) is 1. The summed E-state index contributed by atoms with van der Waals surface area (Å²) in [5, 5.41) is 12.0. The maximum absolute atomic E-state index is 11.8. The Hall–Kier alpha value is -1.50. The van der Waals surface area contributed by atoms with Crippen molar-refractivity contribution >= 4 is 11.9 Å². The molecule has 100 valence electrons. The summed E-state index contributed by atoms with van der Waals surface area (Å²) in [5.74, 6) is 1.45. The summed E-state index contributed by atoms with van der Waals surface area (Å²) in [4.78, 5) is 23.1. The molecular weight excluding hydrogens is 230 g/mol. The summed E-state index contributed by atoms with van der Waals surface area (Å²) < 4.78 is 0. The van der Waals surface area contributed by atoms with Gasteiger partial charge in [-0.3, -0.25) is 4.79 Å². The van der Waals surface area contributed by atoms with Gasteiger partial charge in [0.15, 0.2) is 0 Å². The summed E-state index contributed by atoms with van der Waals surface area (Å²) in [6.45, 7) is 0. The highest BCUT2D eigenvalue weighted by Crippen LogP contribution is 2.28. The van der Waals surface area contributed by atoms with Crippen LogP contribution in [0.25, 0.3) is 0 Å². The number of hydrogen-bond donors (Lipinski definition) is 2. The lowest BCUT2D eigenvalue weighted by Crippen LogP contribution is -2.55. The Morgan fingerprint density at radius 2 is 1.89 bits per heavy atom. The van der Waals surface area contributed by atoms with Gasteiger partial charge in [-0.1, -0.05) is 19.3 Å². The highest BCUT2D eigenvalue weighted by Gasteiger charge is 2.40. The van der Waals surface area contributed by atoms with Crippen LogP contribution in [0.2, 0.25) is 0 Å². The quantitative estimate of drug-likeness (QED) is 0.561. The van der Waals surface area contributed by atoms with E-state index in [0.717, 1.165) is 25.7 Å². The van der Waals surface area contributed by atoms with E-state index in [1.807, 2.05) is 0 Å². The molecule has 0 spiro atoms. The van der Waals surface area contributed by atoms with Crippen molar-refractivity contribution < 1.29 is 14.7 Å². The summed E-state index contributed by atoms with van der Waals surface area (Å²) in [6.07, 6.45) is 11.5. The van der Waals surface area contributed by atoms with Gasteiger partial charge in [0, 0.05) is 12.8 Å². The van der Waals surface area contributed by atoms with Gasteiger partial charge in [-0.05, 0) is 25.7 Å². The van der Waals surface area contributed by atoms with E-state index in [1.165, 1.54) is 0 Å². The van der Waals surface area contributed by atoms with Crippen molar-refractivity contribution in [2.45, 2.75) is 63.3 Å². The fourth-order valence-corrected chi connectivity index (χ4v) is 2.39. The van der Waals surface area contributed by atoms with E-state index in [9.17, 15) is 14.7 Å². The van der Waals surface area contributed by atoms with Gasteiger partial charge < -0.3 is 10.4 Å². The molecule has 1 fully saturated rings. The highest BCUT2D eigenvalue weighted by atomic mass is 16.4. The third kappa shape index (κ3) is 4.06. The molecule has 1 rings (SSSR count). The number of hydrogen-bond acceptors (Lipinski definition) is 2. The minimum Gasteiger partial charge on any atom is -0.480 e. The fraction of sp³-hybridized carbons (Fsp3) is 0.714. The lowest BCUT2D eigenvalue weighted by Gasteiger charge is -2.34. The van der Waals surface area contributed by atoms with Crippen molar-refractivity contribution in [3.05, 3.63) is 0 Å². The first kappa shape index (κ1) is 14.6. The van der Waals surface area contributed by atoms with E-state index in [-0.39, 0.29) is 5.91 Å². The average molecular weight is 251 g/mol. The van der Waals surface area contributed by atoms with Crippen molar-refractivity contribution in [1.82, 2.24) is 5.32 Å². The second kappa shape index (κ2) is 7.05. The molecule has 4 heteroatoms. The van der Waals surface area contributed by atoms with Gasteiger partial charge in [0.05, 0.1) is 0 Å². The lowest BCUT2D eigenvalue weighted by molar-refractivity contribution is -0.149. The lowest BCUT2D eigenvalue weighted by atomic mass is 9.81. The van der Waals surface area contributed by atoms with Crippen LogP contribution in [0.5, 0.6) is 0 Å². The number of unbranched alkanes of at least 4 members (excludes halogenated alkanes) is 2. The number of rotatable bonds is 6. The minimum atomic E-state index is -1.03. The van der Waals surface area contributed by atoms with Crippen LogP contribution >= 0.6 is 0 Å². The van der Waals surface area contributed by atoms with Crippen LogP contribution < -0.4 is 5.32 Å². The van der Waals surface area contributed by atoms with Crippen LogP contribution in [0.1, 0.15) is 57.8 Å². The zero-order valence-corrected chi connectivity index (χ0v) is 10.7. The van der Waals surface area contributed by atoms with Crippen LogP contribution in [0.3, 0.4) is 0 Å². The van der Waals surface area contributed by atoms with Gasteiger partial charge in [-0.2, -0.15) is 0 Å². The second-order valence-electron chi connectivity index (χ2n) is 4.91. The molecule has 1 aliphatic carbocycles. The predicted octanol–water partition coefficient (Wildman–Crippen LogP) is 2.08. The molecule has 1 amide bonds. The Morgan fingerprint density at radius 3 is 2.44 bits per heavy atom. The van der Waals surface area contributed by atoms with E-state index in [1.54, 1.807) is 0 Å². The number of amides is 1. The first-order valence-electron chi connectivity index (χ1n) is 6.58. The highest BCUT2D eigenvalue weighted by molar-refractivity contribution is 5.87. The zero-order valence-electron chi connectivity index (χ0n) is 10.7. The molecule has 0 heterocycles. The molecule has 0 saturated heterocycles. The van der Waals surface area contributed by atoms with Crippen molar-refractivity contribution in [1.29, 1.82) is 0 Å². The second-order valence-corrected chi connectivity index (χ2v) is 4.91. The first-order valence-corrected chi connectivity index (χ1v) is 6.58. The SMILES string of the molecule is C#CCCCCC(=O)NC1(C(=O)O)CCCCC1. The topological polar surface area (TPSA) is 66.4 Å². The smallest absolute Gasteiger partial charge is 0.329 e. The Bertz CT molecular complexity index is 337. The summed E-state index contributed by atoms with van der Waals surface area (Å²) >= 11 is 0. The van der Waals surface area contributed by atoms with Crippen molar-refractivity contribution in [2.75, 3.05) is 0 Å². The monoisotopic (exact) mass is 251 g/mol. The van der Waals surface area contributed by atoms with Crippen LogP contribution in [0.4, 0.5) is 0 Å². The van der Waals surface area contributed by atoms with Gasteiger partial charge in [0.2, 0.25) is 5.91 Å². The summed E-state index contributed by atoms with van der Waals surface area (Å²) in [6, 6.07) is 0. The van der Waals surface area contributed by atoms with E-state index >= 15 is 0 Å². The largest absolute Gasteiger partial charge is 0.480 e. The third-order valence-corrected chi connectivity index (χ3v) is 3.47. The minimum absolute atomic E-state index is 0.170. The molecule has 0 aliphatic heterocycles.